The van der Waals surface area contributed by atoms with Crippen LogP contribution in [0.3, 0.4) is 0 Å². The van der Waals surface area contributed by atoms with Crippen molar-refractivity contribution in [3.63, 3.8) is 0 Å². The Hall–Kier alpha value is -2.58. The van der Waals surface area contributed by atoms with Crippen molar-refractivity contribution in [3.8, 4) is 5.75 Å². The van der Waals surface area contributed by atoms with Crippen molar-refractivity contribution in [2.75, 3.05) is 25.5 Å². The minimum Gasteiger partial charge on any atom is -0.494 e. The number of carbonyl (C=O) groups excluding carboxylic acids is 1. The summed E-state index contributed by atoms with van der Waals surface area (Å²) in [5, 5.41) is 1.08. The van der Waals surface area contributed by atoms with Gasteiger partial charge in [-0.15, -0.1) is 0 Å². The normalized spacial score (nSPS) is 11.0. The number of hydrogen-bond donors (Lipinski definition) is 1. The Balaban J connectivity index is 2.13. The summed E-state index contributed by atoms with van der Waals surface area (Å²) < 4.78 is 32.6. The molecule has 2 rings (SSSR count). The van der Waals surface area contributed by atoms with E-state index in [4.69, 9.17) is 9.57 Å². The van der Waals surface area contributed by atoms with Crippen LogP contribution in [0.25, 0.3) is 0 Å². The SMILES string of the molecule is CCOc1ccc(S(=O)(=O)Nc2ccc(C(=O)N(C)OC)cc2)cc1. The Kier molecular flexibility index (Phi) is 6.00. The van der Waals surface area contributed by atoms with Gasteiger partial charge in [0.05, 0.1) is 18.6 Å². The van der Waals surface area contributed by atoms with Gasteiger partial charge in [-0.05, 0) is 55.5 Å². The minimum atomic E-state index is -3.72. The van der Waals surface area contributed by atoms with Crippen LogP contribution in [0, 0.1) is 0 Å². The molecule has 0 fully saturated rings. The lowest BCUT2D eigenvalue weighted by Crippen LogP contribution is -2.25. The van der Waals surface area contributed by atoms with Gasteiger partial charge in [-0.1, -0.05) is 0 Å². The Morgan fingerprint density at radius 1 is 1.08 bits per heavy atom. The zero-order valence-electron chi connectivity index (χ0n) is 14.2. The van der Waals surface area contributed by atoms with E-state index >= 15 is 0 Å². The van der Waals surface area contributed by atoms with E-state index in [1.54, 1.807) is 12.1 Å². The van der Waals surface area contributed by atoms with Gasteiger partial charge in [-0.25, -0.2) is 13.5 Å². The van der Waals surface area contributed by atoms with E-state index in [9.17, 15) is 13.2 Å². The van der Waals surface area contributed by atoms with Crippen LogP contribution >= 0.6 is 0 Å². The highest BCUT2D eigenvalue weighted by Gasteiger charge is 2.15. The number of ether oxygens (including phenoxy) is 1. The van der Waals surface area contributed by atoms with Gasteiger partial charge in [0.25, 0.3) is 15.9 Å². The van der Waals surface area contributed by atoms with Crippen molar-refractivity contribution in [2.24, 2.45) is 0 Å². The molecule has 0 saturated heterocycles. The number of rotatable bonds is 7. The van der Waals surface area contributed by atoms with Crippen LogP contribution in [-0.4, -0.2) is 40.2 Å². The Morgan fingerprint density at radius 3 is 2.20 bits per heavy atom. The Morgan fingerprint density at radius 2 is 1.68 bits per heavy atom. The van der Waals surface area contributed by atoms with Crippen molar-refractivity contribution < 1.29 is 22.8 Å². The lowest BCUT2D eigenvalue weighted by molar-refractivity contribution is -0.0756. The van der Waals surface area contributed by atoms with Gasteiger partial charge in [0.1, 0.15) is 5.75 Å². The summed E-state index contributed by atoms with van der Waals surface area (Å²) in [6.07, 6.45) is 0. The Bertz CT molecular complexity index is 817. The van der Waals surface area contributed by atoms with Crippen molar-refractivity contribution in [2.45, 2.75) is 11.8 Å². The topological polar surface area (TPSA) is 84.9 Å². The van der Waals surface area contributed by atoms with E-state index in [-0.39, 0.29) is 10.8 Å². The van der Waals surface area contributed by atoms with Gasteiger partial charge in [0, 0.05) is 18.3 Å². The second-order valence-corrected chi connectivity index (χ2v) is 6.75. The first-order valence-electron chi connectivity index (χ1n) is 7.55. The highest BCUT2D eigenvalue weighted by atomic mass is 32.2. The molecule has 0 aromatic heterocycles. The maximum absolute atomic E-state index is 12.4. The fraction of sp³-hybridized carbons (Fsp3) is 0.235. The second-order valence-electron chi connectivity index (χ2n) is 5.07. The number of nitrogens with one attached hydrogen (secondary N) is 1. The molecule has 7 nitrogen and oxygen atoms in total. The smallest absolute Gasteiger partial charge is 0.277 e. The van der Waals surface area contributed by atoms with Crippen LogP contribution < -0.4 is 9.46 Å². The zero-order valence-corrected chi connectivity index (χ0v) is 15.0. The summed E-state index contributed by atoms with van der Waals surface area (Å²) in [7, 11) is -0.848. The Labute approximate surface area is 147 Å². The van der Waals surface area contributed by atoms with Crippen LogP contribution in [0.5, 0.6) is 5.75 Å². The van der Waals surface area contributed by atoms with Gasteiger partial charge in [-0.3, -0.25) is 14.4 Å². The van der Waals surface area contributed by atoms with Gasteiger partial charge in [-0.2, -0.15) is 0 Å². The number of sulfonamides is 1. The molecular formula is C17H20N2O5S. The van der Waals surface area contributed by atoms with E-state index in [1.807, 2.05) is 6.92 Å². The van der Waals surface area contributed by atoms with Gasteiger partial charge in [0.2, 0.25) is 0 Å². The van der Waals surface area contributed by atoms with E-state index in [2.05, 4.69) is 4.72 Å². The van der Waals surface area contributed by atoms with Gasteiger partial charge in [0.15, 0.2) is 0 Å². The molecule has 1 N–H and O–H groups in total. The number of hydrogen-bond acceptors (Lipinski definition) is 5. The fourth-order valence-corrected chi connectivity index (χ4v) is 3.10. The molecule has 2 aromatic rings. The molecule has 0 radical (unpaired) electrons. The van der Waals surface area contributed by atoms with Crippen LogP contribution in [-0.2, 0) is 14.9 Å². The molecule has 0 heterocycles. The van der Waals surface area contributed by atoms with Crippen LogP contribution in [0.4, 0.5) is 5.69 Å². The summed E-state index contributed by atoms with van der Waals surface area (Å²) in [4.78, 5) is 16.9. The summed E-state index contributed by atoms with van der Waals surface area (Å²) in [6.45, 7) is 2.36. The number of nitrogens with zero attached hydrogens (tertiary/aromatic N) is 1. The maximum Gasteiger partial charge on any atom is 0.277 e. The number of anilines is 1. The molecule has 0 aliphatic carbocycles. The highest BCUT2D eigenvalue weighted by molar-refractivity contribution is 7.92. The number of carbonyl (C=O) groups is 1. The maximum atomic E-state index is 12.4. The zero-order chi connectivity index (χ0) is 18.4. The number of amides is 1. The van der Waals surface area contributed by atoms with Crippen molar-refractivity contribution in [1.29, 1.82) is 0 Å². The summed E-state index contributed by atoms with van der Waals surface area (Å²) in [6, 6.07) is 12.2. The first kappa shape index (κ1) is 18.8. The predicted octanol–water partition coefficient (Wildman–Crippen LogP) is 2.52. The molecular weight excluding hydrogens is 344 g/mol. The molecule has 0 unspecified atom stereocenters. The average molecular weight is 364 g/mol. The van der Waals surface area contributed by atoms with E-state index in [0.29, 0.717) is 23.6 Å². The largest absolute Gasteiger partial charge is 0.494 e. The van der Waals surface area contributed by atoms with Crippen molar-refractivity contribution in [3.05, 3.63) is 54.1 Å². The molecule has 1 amide bonds. The third-order valence-electron chi connectivity index (χ3n) is 3.39. The van der Waals surface area contributed by atoms with Crippen molar-refractivity contribution >= 4 is 21.6 Å². The molecule has 0 bridgehead atoms. The number of hydroxylamine groups is 2. The quantitative estimate of drug-likeness (QED) is 0.763. The standard InChI is InChI=1S/C17H20N2O5S/c1-4-24-15-9-11-16(12-10-15)25(21,22)18-14-7-5-13(6-8-14)17(20)19(2)23-3/h5-12,18H,4H2,1-3H3. The fourth-order valence-electron chi connectivity index (χ4n) is 2.04. The van der Waals surface area contributed by atoms with Crippen LogP contribution in [0.2, 0.25) is 0 Å². The molecule has 134 valence electrons. The molecule has 2 aromatic carbocycles. The minimum absolute atomic E-state index is 0.121. The molecule has 0 spiro atoms. The summed E-state index contributed by atoms with van der Waals surface area (Å²) >= 11 is 0. The molecule has 8 heteroatoms. The van der Waals surface area contributed by atoms with Crippen LogP contribution in [0.1, 0.15) is 17.3 Å². The van der Waals surface area contributed by atoms with E-state index in [0.717, 1.165) is 5.06 Å². The van der Waals surface area contributed by atoms with Gasteiger partial charge >= 0.3 is 0 Å². The monoisotopic (exact) mass is 364 g/mol. The number of benzene rings is 2. The first-order valence-corrected chi connectivity index (χ1v) is 9.03. The van der Waals surface area contributed by atoms with E-state index < -0.39 is 10.0 Å². The molecule has 0 atom stereocenters. The highest BCUT2D eigenvalue weighted by Crippen LogP contribution is 2.20. The molecule has 0 saturated carbocycles. The molecule has 25 heavy (non-hydrogen) atoms. The third-order valence-corrected chi connectivity index (χ3v) is 4.79. The second kappa shape index (κ2) is 8.00. The lowest BCUT2D eigenvalue weighted by atomic mass is 10.2. The third kappa shape index (κ3) is 4.71. The van der Waals surface area contributed by atoms with E-state index in [1.165, 1.54) is 50.6 Å². The summed E-state index contributed by atoms with van der Waals surface area (Å²) in [5.74, 6) is 0.273. The first-order chi connectivity index (χ1) is 11.9. The lowest BCUT2D eigenvalue weighted by Gasteiger charge is -2.14. The molecule has 0 aliphatic rings. The summed E-state index contributed by atoms with van der Waals surface area (Å²) in [5.41, 5.74) is 0.735. The molecule has 0 aliphatic heterocycles. The van der Waals surface area contributed by atoms with Gasteiger partial charge < -0.3 is 4.74 Å². The van der Waals surface area contributed by atoms with Crippen molar-refractivity contribution in [1.82, 2.24) is 5.06 Å². The van der Waals surface area contributed by atoms with Crippen LogP contribution in [0.15, 0.2) is 53.4 Å². The average Bonchev–Trinajstić information content (AvgIpc) is 2.61. The predicted molar refractivity (Wildman–Crippen MR) is 94.0 cm³/mol.